The highest BCUT2D eigenvalue weighted by Gasteiger charge is 2.06. The van der Waals surface area contributed by atoms with Crippen LogP contribution in [0.1, 0.15) is 17.8 Å². The van der Waals surface area contributed by atoms with Gasteiger partial charge in [-0.15, -0.1) is 0 Å². The van der Waals surface area contributed by atoms with E-state index < -0.39 is 0 Å². The van der Waals surface area contributed by atoms with E-state index in [1.165, 1.54) is 0 Å². The van der Waals surface area contributed by atoms with Crippen molar-refractivity contribution in [2.75, 3.05) is 5.32 Å². The van der Waals surface area contributed by atoms with E-state index in [0.29, 0.717) is 13.0 Å². The average Bonchev–Trinajstić information content (AvgIpc) is 3.18. The van der Waals surface area contributed by atoms with Gasteiger partial charge in [-0.2, -0.15) is 0 Å². The zero-order chi connectivity index (χ0) is 16.2. The monoisotopic (exact) mass is 309 g/mol. The Balaban J connectivity index is 1.61. The van der Waals surface area contributed by atoms with Crippen LogP contribution in [-0.4, -0.2) is 25.0 Å². The first kappa shape index (κ1) is 15.0. The van der Waals surface area contributed by atoms with Crippen LogP contribution in [0.2, 0.25) is 0 Å². The lowest BCUT2D eigenvalue weighted by Crippen LogP contribution is -2.14. The van der Waals surface area contributed by atoms with Gasteiger partial charge in [0.05, 0.1) is 18.3 Å². The maximum Gasteiger partial charge on any atom is 0.226 e. The highest BCUT2D eigenvalue weighted by Crippen LogP contribution is 2.16. The molecule has 6 heteroatoms. The molecule has 0 bridgehead atoms. The molecule has 1 amide bonds. The van der Waals surface area contributed by atoms with E-state index in [4.69, 9.17) is 0 Å². The van der Waals surface area contributed by atoms with E-state index in [1.807, 2.05) is 59.8 Å². The molecule has 1 aromatic carbocycles. The van der Waals surface area contributed by atoms with Crippen molar-refractivity contribution < 1.29 is 4.79 Å². The minimum Gasteiger partial charge on any atom is -0.337 e. The van der Waals surface area contributed by atoms with Crippen LogP contribution in [0, 0.1) is 13.8 Å². The molecule has 3 aromatic rings. The molecule has 0 spiro atoms. The number of rotatable bonds is 5. The summed E-state index contributed by atoms with van der Waals surface area (Å²) in [6.07, 6.45) is 7.48. The van der Waals surface area contributed by atoms with Crippen LogP contribution >= 0.6 is 0 Å². The van der Waals surface area contributed by atoms with E-state index >= 15 is 0 Å². The van der Waals surface area contributed by atoms with Gasteiger partial charge in [0.2, 0.25) is 5.91 Å². The standard InChI is InChI=1S/C17H19N5O/c1-13-14(2)22(12-19-13)16-5-3-15(4-6-16)20-17(23)7-9-21-10-8-18-11-21/h3-6,8,10-12H,7,9H2,1-2H3,(H,20,23). The van der Waals surface area contributed by atoms with Gasteiger partial charge in [0, 0.05) is 42.4 Å². The molecule has 0 unspecified atom stereocenters. The summed E-state index contributed by atoms with van der Waals surface area (Å²) in [5.74, 6) is -0.0129. The number of imidazole rings is 2. The van der Waals surface area contributed by atoms with E-state index in [2.05, 4.69) is 15.3 Å². The van der Waals surface area contributed by atoms with Gasteiger partial charge in [-0.3, -0.25) is 4.79 Å². The maximum absolute atomic E-state index is 12.0. The molecule has 0 aliphatic carbocycles. The second-order valence-corrected chi connectivity index (χ2v) is 5.43. The maximum atomic E-state index is 12.0. The summed E-state index contributed by atoms with van der Waals surface area (Å²) in [7, 11) is 0. The predicted octanol–water partition coefficient (Wildman–Crippen LogP) is 2.71. The Kier molecular flexibility index (Phi) is 4.23. The van der Waals surface area contributed by atoms with E-state index in [0.717, 1.165) is 22.8 Å². The Morgan fingerprint density at radius 2 is 1.96 bits per heavy atom. The van der Waals surface area contributed by atoms with Gasteiger partial charge >= 0.3 is 0 Å². The lowest BCUT2D eigenvalue weighted by Gasteiger charge is -2.09. The average molecular weight is 309 g/mol. The molecule has 0 fully saturated rings. The van der Waals surface area contributed by atoms with Crippen LogP contribution in [-0.2, 0) is 11.3 Å². The molecule has 2 aromatic heterocycles. The van der Waals surface area contributed by atoms with Crippen molar-refractivity contribution >= 4 is 11.6 Å². The van der Waals surface area contributed by atoms with Crippen LogP contribution < -0.4 is 5.32 Å². The molecule has 2 heterocycles. The molecule has 0 aliphatic rings. The summed E-state index contributed by atoms with van der Waals surface area (Å²) < 4.78 is 3.91. The summed E-state index contributed by atoms with van der Waals surface area (Å²) in [6, 6.07) is 7.75. The number of aromatic nitrogens is 4. The molecule has 0 saturated heterocycles. The van der Waals surface area contributed by atoms with Gasteiger partial charge in [-0.05, 0) is 38.1 Å². The van der Waals surface area contributed by atoms with Crippen molar-refractivity contribution in [1.82, 2.24) is 19.1 Å². The number of amides is 1. The van der Waals surface area contributed by atoms with Gasteiger partial charge in [0.15, 0.2) is 0 Å². The Hall–Kier alpha value is -2.89. The summed E-state index contributed by atoms with van der Waals surface area (Å²) in [5, 5.41) is 2.91. The number of anilines is 1. The third-order valence-corrected chi connectivity index (χ3v) is 3.84. The van der Waals surface area contributed by atoms with E-state index in [9.17, 15) is 4.79 Å². The van der Waals surface area contributed by atoms with Crippen LogP contribution in [0.3, 0.4) is 0 Å². The van der Waals surface area contributed by atoms with Gasteiger partial charge in [-0.1, -0.05) is 0 Å². The summed E-state index contributed by atoms with van der Waals surface area (Å²) in [6.45, 7) is 4.65. The highest BCUT2D eigenvalue weighted by atomic mass is 16.1. The van der Waals surface area contributed by atoms with Gasteiger partial charge in [0.25, 0.3) is 0 Å². The zero-order valence-corrected chi connectivity index (χ0v) is 13.2. The van der Waals surface area contributed by atoms with E-state index in [1.54, 1.807) is 12.5 Å². The number of carbonyl (C=O) groups excluding carboxylic acids is 1. The zero-order valence-electron chi connectivity index (χ0n) is 13.2. The fraction of sp³-hybridized carbons (Fsp3) is 0.235. The van der Waals surface area contributed by atoms with Crippen molar-refractivity contribution in [2.24, 2.45) is 0 Å². The number of nitrogens with one attached hydrogen (secondary N) is 1. The molecule has 0 saturated carbocycles. The lowest BCUT2D eigenvalue weighted by molar-refractivity contribution is -0.116. The molecule has 3 rings (SSSR count). The molecule has 0 radical (unpaired) electrons. The van der Waals surface area contributed by atoms with Crippen molar-refractivity contribution in [2.45, 2.75) is 26.8 Å². The Bertz CT molecular complexity index is 787. The molecule has 6 nitrogen and oxygen atoms in total. The molecule has 0 aliphatic heterocycles. The predicted molar refractivity (Wildman–Crippen MR) is 88.5 cm³/mol. The number of carbonyl (C=O) groups is 1. The number of hydrogen-bond acceptors (Lipinski definition) is 3. The van der Waals surface area contributed by atoms with Gasteiger partial charge in [0.1, 0.15) is 0 Å². The highest BCUT2D eigenvalue weighted by molar-refractivity contribution is 5.90. The quantitative estimate of drug-likeness (QED) is 0.788. The second kappa shape index (κ2) is 6.48. The third-order valence-electron chi connectivity index (χ3n) is 3.84. The van der Waals surface area contributed by atoms with E-state index in [-0.39, 0.29) is 5.91 Å². The normalized spacial score (nSPS) is 10.7. The Morgan fingerprint density at radius 3 is 2.57 bits per heavy atom. The molecular formula is C17H19N5O. The molecular weight excluding hydrogens is 290 g/mol. The Morgan fingerprint density at radius 1 is 1.17 bits per heavy atom. The van der Waals surface area contributed by atoms with Crippen LogP contribution in [0.15, 0.2) is 49.3 Å². The molecule has 23 heavy (non-hydrogen) atoms. The molecule has 0 atom stereocenters. The molecule has 118 valence electrons. The largest absolute Gasteiger partial charge is 0.337 e. The minimum atomic E-state index is -0.0129. The van der Waals surface area contributed by atoms with Crippen LogP contribution in [0.4, 0.5) is 5.69 Å². The fourth-order valence-electron chi connectivity index (χ4n) is 2.34. The topological polar surface area (TPSA) is 64.7 Å². The number of aryl methyl sites for hydroxylation is 2. The smallest absolute Gasteiger partial charge is 0.226 e. The number of hydrogen-bond donors (Lipinski definition) is 1. The Labute approximate surface area is 134 Å². The van der Waals surface area contributed by atoms with Crippen molar-refractivity contribution in [3.8, 4) is 5.69 Å². The second-order valence-electron chi connectivity index (χ2n) is 5.43. The first-order valence-corrected chi connectivity index (χ1v) is 7.50. The first-order chi connectivity index (χ1) is 11.1. The lowest BCUT2D eigenvalue weighted by atomic mass is 10.2. The molecule has 1 N–H and O–H groups in total. The SMILES string of the molecule is Cc1ncn(-c2ccc(NC(=O)CCn3ccnc3)cc2)c1C. The number of nitrogens with zero attached hydrogens (tertiary/aromatic N) is 4. The van der Waals surface area contributed by atoms with Crippen LogP contribution in [0.25, 0.3) is 5.69 Å². The third kappa shape index (κ3) is 3.48. The summed E-state index contributed by atoms with van der Waals surface area (Å²) in [5.41, 5.74) is 3.95. The van der Waals surface area contributed by atoms with Gasteiger partial charge < -0.3 is 14.5 Å². The number of benzene rings is 1. The fourth-order valence-corrected chi connectivity index (χ4v) is 2.34. The van der Waals surface area contributed by atoms with Crippen molar-refractivity contribution in [3.05, 3.63) is 60.7 Å². The summed E-state index contributed by atoms with van der Waals surface area (Å²) in [4.78, 5) is 20.2. The van der Waals surface area contributed by atoms with Crippen LogP contribution in [0.5, 0.6) is 0 Å². The minimum absolute atomic E-state index is 0.0129. The first-order valence-electron chi connectivity index (χ1n) is 7.50. The van der Waals surface area contributed by atoms with Gasteiger partial charge in [-0.25, -0.2) is 9.97 Å². The van der Waals surface area contributed by atoms with Crippen molar-refractivity contribution in [1.29, 1.82) is 0 Å². The van der Waals surface area contributed by atoms with Crippen molar-refractivity contribution in [3.63, 3.8) is 0 Å². The summed E-state index contributed by atoms with van der Waals surface area (Å²) >= 11 is 0.